The van der Waals surface area contributed by atoms with E-state index < -0.39 is 0 Å². The molecule has 29 heavy (non-hydrogen) atoms. The van der Waals surface area contributed by atoms with Crippen molar-refractivity contribution in [2.75, 3.05) is 13.9 Å². The van der Waals surface area contributed by atoms with Gasteiger partial charge in [-0.2, -0.15) is 0 Å². The number of carbonyl (C=O) groups excluding carboxylic acids is 2. The van der Waals surface area contributed by atoms with E-state index in [9.17, 15) is 9.59 Å². The van der Waals surface area contributed by atoms with Crippen molar-refractivity contribution in [3.63, 3.8) is 0 Å². The number of rotatable bonds is 3. The van der Waals surface area contributed by atoms with Crippen molar-refractivity contribution < 1.29 is 23.8 Å². The number of amides is 1. The molecule has 6 heteroatoms. The Morgan fingerprint density at radius 1 is 0.966 bits per heavy atom. The van der Waals surface area contributed by atoms with E-state index in [2.05, 4.69) is 5.32 Å². The molecule has 1 N–H and O–H groups in total. The topological polar surface area (TPSA) is 73.9 Å². The van der Waals surface area contributed by atoms with Crippen molar-refractivity contribution in [1.29, 1.82) is 0 Å². The van der Waals surface area contributed by atoms with Crippen LogP contribution in [-0.2, 0) is 9.59 Å². The predicted molar refractivity (Wildman–Crippen MR) is 105 cm³/mol. The summed E-state index contributed by atoms with van der Waals surface area (Å²) in [6, 6.07) is 13.4. The van der Waals surface area contributed by atoms with Gasteiger partial charge in [0.2, 0.25) is 12.7 Å². The van der Waals surface area contributed by atoms with E-state index in [1.54, 1.807) is 7.11 Å². The zero-order chi connectivity index (χ0) is 20.0. The highest BCUT2D eigenvalue weighted by Crippen LogP contribution is 2.44. The Morgan fingerprint density at radius 3 is 2.69 bits per heavy atom. The largest absolute Gasteiger partial charge is 0.497 e. The van der Waals surface area contributed by atoms with E-state index >= 15 is 0 Å². The van der Waals surface area contributed by atoms with Crippen molar-refractivity contribution in [3.05, 3.63) is 64.9 Å². The first-order valence-corrected chi connectivity index (χ1v) is 9.72. The van der Waals surface area contributed by atoms with E-state index in [1.165, 1.54) is 0 Å². The van der Waals surface area contributed by atoms with E-state index in [4.69, 9.17) is 14.2 Å². The monoisotopic (exact) mass is 391 g/mol. The summed E-state index contributed by atoms with van der Waals surface area (Å²) in [5.41, 5.74) is 3.42. The quantitative estimate of drug-likeness (QED) is 0.868. The Labute approximate surface area is 168 Å². The summed E-state index contributed by atoms with van der Waals surface area (Å²) in [6.07, 6.45) is 1.30. The molecule has 2 atom stereocenters. The highest BCUT2D eigenvalue weighted by molar-refractivity contribution is 6.02. The third kappa shape index (κ3) is 3.14. The molecule has 6 nitrogen and oxygen atoms in total. The standard InChI is InChI=1S/C23H21NO5/c1-27-16-4-2-3-13(7-16)15-8-18-23(19(25)9-15)17(11-22(26)24-18)14-5-6-20-21(10-14)29-12-28-20/h2-7,10,15,17H,8-9,11-12H2,1H3,(H,24,26)/t15-,17+/m1/s1. The van der Waals surface area contributed by atoms with Gasteiger partial charge in [-0.3, -0.25) is 9.59 Å². The van der Waals surface area contributed by atoms with Crippen molar-refractivity contribution in [2.24, 2.45) is 0 Å². The highest BCUT2D eigenvalue weighted by Gasteiger charge is 2.38. The summed E-state index contributed by atoms with van der Waals surface area (Å²) in [5, 5.41) is 2.96. The maximum Gasteiger partial charge on any atom is 0.231 e. The molecule has 2 aromatic rings. The Balaban J connectivity index is 1.50. The Kier molecular flexibility index (Phi) is 4.27. The lowest BCUT2D eigenvalue weighted by molar-refractivity contribution is -0.122. The molecule has 0 saturated carbocycles. The van der Waals surface area contributed by atoms with Crippen LogP contribution >= 0.6 is 0 Å². The van der Waals surface area contributed by atoms with Crippen LogP contribution in [0.2, 0.25) is 0 Å². The van der Waals surface area contributed by atoms with Gasteiger partial charge in [-0.05, 0) is 47.7 Å². The summed E-state index contributed by atoms with van der Waals surface area (Å²) >= 11 is 0. The van der Waals surface area contributed by atoms with Crippen LogP contribution in [-0.4, -0.2) is 25.6 Å². The van der Waals surface area contributed by atoms with Crippen LogP contribution in [0.15, 0.2) is 53.7 Å². The van der Waals surface area contributed by atoms with Gasteiger partial charge in [0.1, 0.15) is 5.75 Å². The fourth-order valence-corrected chi connectivity index (χ4v) is 4.51. The second kappa shape index (κ2) is 6.95. The molecule has 3 aliphatic rings. The molecular formula is C23H21NO5. The van der Waals surface area contributed by atoms with Gasteiger partial charge in [-0.1, -0.05) is 18.2 Å². The minimum absolute atomic E-state index is 0.0205. The average molecular weight is 391 g/mol. The zero-order valence-electron chi connectivity index (χ0n) is 16.1. The second-order valence-corrected chi connectivity index (χ2v) is 7.61. The van der Waals surface area contributed by atoms with Gasteiger partial charge in [-0.15, -0.1) is 0 Å². The van der Waals surface area contributed by atoms with Gasteiger partial charge in [0.05, 0.1) is 7.11 Å². The first kappa shape index (κ1) is 17.8. The Hall–Kier alpha value is -3.28. The van der Waals surface area contributed by atoms with Crippen LogP contribution in [0.5, 0.6) is 17.2 Å². The maximum absolute atomic E-state index is 13.2. The van der Waals surface area contributed by atoms with Gasteiger partial charge in [-0.25, -0.2) is 0 Å². The van der Waals surface area contributed by atoms with Gasteiger partial charge in [0.15, 0.2) is 17.3 Å². The highest BCUT2D eigenvalue weighted by atomic mass is 16.7. The number of nitrogens with one attached hydrogen (secondary N) is 1. The Morgan fingerprint density at radius 2 is 1.83 bits per heavy atom. The lowest BCUT2D eigenvalue weighted by Gasteiger charge is -2.34. The summed E-state index contributed by atoms with van der Waals surface area (Å²) in [4.78, 5) is 25.6. The SMILES string of the molecule is COc1cccc([C@H]2CC(=O)C3=C(C2)NC(=O)C[C@H]3c2ccc3c(c2)OCO3)c1. The molecule has 0 aromatic heterocycles. The van der Waals surface area contributed by atoms with Gasteiger partial charge < -0.3 is 19.5 Å². The number of benzene rings is 2. The van der Waals surface area contributed by atoms with Crippen molar-refractivity contribution in [3.8, 4) is 17.2 Å². The van der Waals surface area contributed by atoms with Crippen molar-refractivity contribution in [2.45, 2.75) is 31.1 Å². The molecule has 0 bridgehead atoms. The number of ketones is 1. The zero-order valence-corrected chi connectivity index (χ0v) is 16.1. The van der Waals surface area contributed by atoms with E-state index in [1.807, 2.05) is 42.5 Å². The molecule has 2 aliphatic heterocycles. The molecule has 0 fully saturated rings. The molecule has 2 heterocycles. The van der Waals surface area contributed by atoms with Crippen LogP contribution in [0.25, 0.3) is 0 Å². The summed E-state index contributed by atoms with van der Waals surface area (Å²) in [5.74, 6) is 1.90. The minimum atomic E-state index is -0.257. The molecule has 0 saturated heterocycles. The summed E-state index contributed by atoms with van der Waals surface area (Å²) in [7, 11) is 1.63. The molecule has 2 aromatic carbocycles. The van der Waals surface area contributed by atoms with E-state index in [0.717, 1.165) is 28.1 Å². The number of allylic oxidation sites excluding steroid dienone is 2. The molecule has 0 spiro atoms. The third-order valence-corrected chi connectivity index (χ3v) is 5.90. The van der Waals surface area contributed by atoms with Gasteiger partial charge in [0, 0.05) is 30.0 Å². The number of carbonyl (C=O) groups is 2. The fourth-order valence-electron chi connectivity index (χ4n) is 4.51. The van der Waals surface area contributed by atoms with E-state index in [0.29, 0.717) is 24.3 Å². The van der Waals surface area contributed by atoms with Gasteiger partial charge >= 0.3 is 0 Å². The van der Waals surface area contributed by atoms with Crippen LogP contribution in [0.1, 0.15) is 42.2 Å². The molecule has 148 valence electrons. The number of hydrogen-bond acceptors (Lipinski definition) is 5. The first-order chi connectivity index (χ1) is 14.1. The number of Topliss-reactive ketones (excluding diaryl/α,β-unsaturated/α-hetero) is 1. The maximum atomic E-state index is 13.2. The molecular weight excluding hydrogens is 370 g/mol. The summed E-state index contributed by atoms with van der Waals surface area (Å²) in [6.45, 7) is 0.193. The number of methoxy groups -OCH3 is 1. The lowest BCUT2D eigenvalue weighted by atomic mass is 9.73. The number of fused-ring (bicyclic) bond motifs is 1. The normalized spacial score (nSPS) is 22.9. The van der Waals surface area contributed by atoms with Crippen molar-refractivity contribution >= 4 is 11.7 Å². The van der Waals surface area contributed by atoms with Crippen LogP contribution in [0.3, 0.4) is 0 Å². The van der Waals surface area contributed by atoms with Gasteiger partial charge in [0.25, 0.3) is 0 Å². The van der Waals surface area contributed by atoms with Crippen molar-refractivity contribution in [1.82, 2.24) is 5.32 Å². The fraction of sp³-hybridized carbons (Fsp3) is 0.304. The van der Waals surface area contributed by atoms with Crippen LogP contribution in [0, 0.1) is 0 Å². The first-order valence-electron chi connectivity index (χ1n) is 9.72. The average Bonchev–Trinajstić information content (AvgIpc) is 3.20. The third-order valence-electron chi connectivity index (χ3n) is 5.90. The molecule has 0 unspecified atom stereocenters. The lowest BCUT2D eigenvalue weighted by Crippen LogP contribution is -2.38. The molecule has 5 rings (SSSR count). The van der Waals surface area contributed by atoms with Crippen LogP contribution in [0.4, 0.5) is 0 Å². The summed E-state index contributed by atoms with van der Waals surface area (Å²) < 4.78 is 16.2. The molecule has 0 radical (unpaired) electrons. The molecule has 1 amide bonds. The molecule has 1 aliphatic carbocycles. The predicted octanol–water partition coefficient (Wildman–Crippen LogP) is 3.43. The van der Waals surface area contributed by atoms with Crippen LogP contribution < -0.4 is 19.5 Å². The number of ether oxygens (including phenoxy) is 3. The van der Waals surface area contributed by atoms with E-state index in [-0.39, 0.29) is 36.7 Å². The smallest absolute Gasteiger partial charge is 0.231 e. The second-order valence-electron chi connectivity index (χ2n) is 7.61. The Bertz CT molecular complexity index is 1040. The number of hydrogen-bond donors (Lipinski definition) is 1. The minimum Gasteiger partial charge on any atom is -0.497 e.